The molecule has 2 rings (SSSR count). The molecule has 1 aliphatic rings. The lowest BCUT2D eigenvalue weighted by molar-refractivity contribution is 0.312. The summed E-state index contributed by atoms with van der Waals surface area (Å²) in [5.41, 5.74) is 0.952. The third-order valence-electron chi connectivity index (χ3n) is 3.19. The lowest BCUT2D eigenvalue weighted by atomic mass is 10.1. The number of likely N-dealkylation sites (tertiary alicyclic amines) is 1. The molecular weight excluding hydrogens is 202 g/mol. The summed E-state index contributed by atoms with van der Waals surface area (Å²) in [5.74, 6) is 1.94. The van der Waals surface area contributed by atoms with E-state index in [0.717, 1.165) is 36.9 Å². The number of benzene rings is 1. The van der Waals surface area contributed by atoms with E-state index >= 15 is 0 Å². The van der Waals surface area contributed by atoms with Crippen LogP contribution in [0.15, 0.2) is 18.2 Å². The maximum Gasteiger partial charge on any atom is 0.120 e. The molecule has 0 bridgehead atoms. The fourth-order valence-electron chi connectivity index (χ4n) is 2.23. The quantitative estimate of drug-likeness (QED) is 0.849. The number of ether oxygens (including phenoxy) is 1. The largest absolute Gasteiger partial charge is 0.508 e. The van der Waals surface area contributed by atoms with Crippen molar-refractivity contribution in [3.05, 3.63) is 23.8 Å². The summed E-state index contributed by atoms with van der Waals surface area (Å²) in [6.45, 7) is 5.33. The highest BCUT2D eigenvalue weighted by molar-refractivity contribution is 5.39. The van der Waals surface area contributed by atoms with Gasteiger partial charge in [0, 0.05) is 18.7 Å². The second-order valence-electron chi connectivity index (χ2n) is 4.62. The molecule has 0 aromatic heterocycles. The SMILES string of the molecule is COc1ccc(O)c(CN2CCC(C)C2)c1. The fourth-order valence-corrected chi connectivity index (χ4v) is 2.23. The topological polar surface area (TPSA) is 32.7 Å². The molecule has 1 aromatic rings. The van der Waals surface area contributed by atoms with E-state index in [1.165, 1.54) is 6.42 Å². The molecule has 1 heterocycles. The first-order valence-electron chi connectivity index (χ1n) is 5.77. The van der Waals surface area contributed by atoms with Crippen molar-refractivity contribution in [2.24, 2.45) is 5.92 Å². The van der Waals surface area contributed by atoms with Gasteiger partial charge in [0.2, 0.25) is 0 Å². The Bertz CT molecular complexity index is 365. The van der Waals surface area contributed by atoms with Crippen LogP contribution >= 0.6 is 0 Å². The number of phenolic OH excluding ortho intramolecular Hbond substituents is 1. The molecule has 3 heteroatoms. The third kappa shape index (κ3) is 2.47. The van der Waals surface area contributed by atoms with Crippen molar-refractivity contribution in [3.63, 3.8) is 0 Å². The van der Waals surface area contributed by atoms with Crippen molar-refractivity contribution < 1.29 is 9.84 Å². The zero-order chi connectivity index (χ0) is 11.5. The molecule has 0 amide bonds. The monoisotopic (exact) mass is 221 g/mol. The predicted octanol–water partition coefficient (Wildman–Crippen LogP) is 2.24. The first-order chi connectivity index (χ1) is 7.69. The van der Waals surface area contributed by atoms with Gasteiger partial charge in [0.05, 0.1) is 7.11 Å². The summed E-state index contributed by atoms with van der Waals surface area (Å²) in [5, 5.41) is 9.77. The van der Waals surface area contributed by atoms with Crippen LogP contribution in [-0.4, -0.2) is 30.2 Å². The Labute approximate surface area is 96.6 Å². The lowest BCUT2D eigenvalue weighted by Gasteiger charge is -2.16. The minimum absolute atomic E-state index is 0.361. The molecule has 16 heavy (non-hydrogen) atoms. The summed E-state index contributed by atoms with van der Waals surface area (Å²) < 4.78 is 5.17. The van der Waals surface area contributed by atoms with Gasteiger partial charge >= 0.3 is 0 Å². The summed E-state index contributed by atoms with van der Waals surface area (Å²) in [6.07, 6.45) is 1.25. The first-order valence-corrected chi connectivity index (χ1v) is 5.77. The van der Waals surface area contributed by atoms with E-state index < -0.39 is 0 Å². The summed E-state index contributed by atoms with van der Waals surface area (Å²) in [6, 6.07) is 5.40. The van der Waals surface area contributed by atoms with Crippen LogP contribution in [0.5, 0.6) is 11.5 Å². The molecule has 1 atom stereocenters. The van der Waals surface area contributed by atoms with Gasteiger partial charge in [-0.25, -0.2) is 0 Å². The Morgan fingerprint density at radius 3 is 2.94 bits per heavy atom. The van der Waals surface area contributed by atoms with Gasteiger partial charge in [-0.15, -0.1) is 0 Å². The molecule has 88 valence electrons. The number of aromatic hydroxyl groups is 1. The van der Waals surface area contributed by atoms with E-state index in [0.29, 0.717) is 5.75 Å². The minimum Gasteiger partial charge on any atom is -0.508 e. The Morgan fingerprint density at radius 2 is 2.31 bits per heavy atom. The number of nitrogens with zero attached hydrogens (tertiary/aromatic N) is 1. The maximum absolute atomic E-state index is 9.77. The Hall–Kier alpha value is -1.22. The normalized spacial score (nSPS) is 21.2. The van der Waals surface area contributed by atoms with Crippen LogP contribution in [0.25, 0.3) is 0 Å². The van der Waals surface area contributed by atoms with Crippen LogP contribution < -0.4 is 4.74 Å². The first kappa shape index (κ1) is 11.3. The van der Waals surface area contributed by atoms with Gasteiger partial charge in [0.25, 0.3) is 0 Å². The van der Waals surface area contributed by atoms with Gasteiger partial charge in [-0.05, 0) is 37.1 Å². The van der Waals surface area contributed by atoms with Crippen LogP contribution in [0.1, 0.15) is 18.9 Å². The molecule has 1 fully saturated rings. The molecule has 1 saturated heterocycles. The van der Waals surface area contributed by atoms with Crippen LogP contribution in [0, 0.1) is 5.92 Å². The molecule has 0 aliphatic carbocycles. The number of rotatable bonds is 3. The molecule has 1 aromatic carbocycles. The smallest absolute Gasteiger partial charge is 0.120 e. The Kier molecular flexibility index (Phi) is 3.34. The van der Waals surface area contributed by atoms with E-state index in [2.05, 4.69) is 11.8 Å². The van der Waals surface area contributed by atoms with Crippen molar-refractivity contribution in [3.8, 4) is 11.5 Å². The molecule has 1 N–H and O–H groups in total. The van der Waals surface area contributed by atoms with Gasteiger partial charge in [-0.3, -0.25) is 4.90 Å². The molecule has 1 unspecified atom stereocenters. The highest BCUT2D eigenvalue weighted by Crippen LogP contribution is 2.26. The van der Waals surface area contributed by atoms with Crippen LogP contribution in [0.3, 0.4) is 0 Å². The minimum atomic E-state index is 0.361. The van der Waals surface area contributed by atoms with Gasteiger partial charge < -0.3 is 9.84 Å². The highest BCUT2D eigenvalue weighted by Gasteiger charge is 2.19. The summed E-state index contributed by atoms with van der Waals surface area (Å²) >= 11 is 0. The van der Waals surface area contributed by atoms with Crippen molar-refractivity contribution in [1.82, 2.24) is 4.90 Å². The Morgan fingerprint density at radius 1 is 1.50 bits per heavy atom. The van der Waals surface area contributed by atoms with Gasteiger partial charge in [0.15, 0.2) is 0 Å². The average Bonchev–Trinajstić information content (AvgIpc) is 2.67. The molecule has 3 nitrogen and oxygen atoms in total. The molecule has 1 aliphatic heterocycles. The van der Waals surface area contributed by atoms with E-state index in [-0.39, 0.29) is 0 Å². The summed E-state index contributed by atoms with van der Waals surface area (Å²) in [4.78, 5) is 2.37. The maximum atomic E-state index is 9.77. The van der Waals surface area contributed by atoms with Crippen LogP contribution in [0.4, 0.5) is 0 Å². The number of hydrogen-bond donors (Lipinski definition) is 1. The molecule has 0 radical (unpaired) electrons. The van der Waals surface area contributed by atoms with Crippen molar-refractivity contribution in [2.75, 3.05) is 20.2 Å². The number of methoxy groups -OCH3 is 1. The highest BCUT2D eigenvalue weighted by atomic mass is 16.5. The van der Waals surface area contributed by atoms with Crippen molar-refractivity contribution in [2.45, 2.75) is 19.9 Å². The number of phenols is 1. The van der Waals surface area contributed by atoms with E-state index in [1.54, 1.807) is 19.2 Å². The lowest BCUT2D eigenvalue weighted by Crippen LogP contribution is -2.19. The number of hydrogen-bond acceptors (Lipinski definition) is 3. The second kappa shape index (κ2) is 4.74. The van der Waals surface area contributed by atoms with E-state index in [1.807, 2.05) is 6.07 Å². The van der Waals surface area contributed by atoms with Crippen LogP contribution in [-0.2, 0) is 6.54 Å². The average molecular weight is 221 g/mol. The summed E-state index contributed by atoms with van der Waals surface area (Å²) in [7, 11) is 1.65. The van der Waals surface area contributed by atoms with Gasteiger partial charge in [-0.2, -0.15) is 0 Å². The Balaban J connectivity index is 2.08. The zero-order valence-electron chi connectivity index (χ0n) is 9.94. The predicted molar refractivity (Wildman–Crippen MR) is 63.7 cm³/mol. The van der Waals surface area contributed by atoms with Gasteiger partial charge in [-0.1, -0.05) is 6.92 Å². The zero-order valence-corrected chi connectivity index (χ0v) is 9.94. The standard InChI is InChI=1S/C13H19NO2/c1-10-5-6-14(8-10)9-11-7-12(16-2)3-4-13(11)15/h3-4,7,10,15H,5-6,8-9H2,1-2H3. The fraction of sp³-hybridized carbons (Fsp3) is 0.538. The molecule has 0 saturated carbocycles. The second-order valence-corrected chi connectivity index (χ2v) is 4.62. The van der Waals surface area contributed by atoms with E-state index in [4.69, 9.17) is 4.74 Å². The van der Waals surface area contributed by atoms with E-state index in [9.17, 15) is 5.11 Å². The van der Waals surface area contributed by atoms with Crippen molar-refractivity contribution in [1.29, 1.82) is 0 Å². The molecular formula is C13H19NO2. The van der Waals surface area contributed by atoms with Crippen LogP contribution in [0.2, 0.25) is 0 Å². The van der Waals surface area contributed by atoms with Crippen molar-refractivity contribution >= 4 is 0 Å². The third-order valence-corrected chi connectivity index (χ3v) is 3.19. The molecule has 0 spiro atoms. The van der Waals surface area contributed by atoms with Gasteiger partial charge in [0.1, 0.15) is 11.5 Å².